The number of thiocarbonyl (C=S) groups is 1. The predicted octanol–water partition coefficient (Wildman–Crippen LogP) is 3.34. The van der Waals surface area contributed by atoms with Crippen molar-refractivity contribution in [2.75, 3.05) is 20.3 Å². The highest BCUT2D eigenvalue weighted by atomic mass is 32.1. The first-order valence-corrected chi connectivity index (χ1v) is 10.2. The van der Waals surface area contributed by atoms with E-state index in [0.717, 1.165) is 29.5 Å². The number of aromatic nitrogens is 3. The summed E-state index contributed by atoms with van der Waals surface area (Å²) in [5.41, 5.74) is 3.20. The number of nitrogens with one attached hydrogen (secondary N) is 1. The van der Waals surface area contributed by atoms with Crippen molar-refractivity contribution in [2.45, 2.75) is 25.0 Å². The average Bonchev–Trinajstić information content (AvgIpc) is 3.33. The Hall–Kier alpha value is -2.77. The second-order valence-corrected chi connectivity index (χ2v) is 7.44. The van der Waals surface area contributed by atoms with E-state index < -0.39 is 0 Å². The summed E-state index contributed by atoms with van der Waals surface area (Å²) in [5, 5.41) is 4.26. The van der Waals surface area contributed by atoms with Crippen LogP contribution in [0.15, 0.2) is 67.1 Å². The lowest BCUT2D eigenvalue weighted by molar-refractivity contribution is 0.179. The van der Waals surface area contributed by atoms with Gasteiger partial charge < -0.3 is 19.5 Å². The van der Waals surface area contributed by atoms with Crippen LogP contribution in [-0.2, 0) is 11.3 Å². The van der Waals surface area contributed by atoms with Crippen molar-refractivity contribution in [1.29, 1.82) is 0 Å². The van der Waals surface area contributed by atoms with Crippen LogP contribution in [0.3, 0.4) is 0 Å². The van der Waals surface area contributed by atoms with Gasteiger partial charge in [0.1, 0.15) is 0 Å². The van der Waals surface area contributed by atoms with E-state index in [1.54, 1.807) is 7.11 Å². The Labute approximate surface area is 176 Å². The third-order valence-corrected chi connectivity index (χ3v) is 5.52. The van der Waals surface area contributed by atoms with E-state index >= 15 is 0 Å². The van der Waals surface area contributed by atoms with E-state index in [4.69, 9.17) is 17.0 Å². The third-order valence-electron chi connectivity index (χ3n) is 5.17. The van der Waals surface area contributed by atoms with Gasteiger partial charge in [-0.2, -0.15) is 0 Å². The molecule has 3 aromatic heterocycles. The Kier molecular flexibility index (Phi) is 6.17. The van der Waals surface area contributed by atoms with Crippen molar-refractivity contribution in [3.63, 3.8) is 0 Å². The minimum atomic E-state index is -0.0105. The first-order chi connectivity index (χ1) is 14.3. The molecule has 0 amide bonds. The summed E-state index contributed by atoms with van der Waals surface area (Å²) >= 11 is 5.72. The number of ether oxygens (including phenoxy) is 1. The van der Waals surface area contributed by atoms with Gasteiger partial charge in [0, 0.05) is 44.5 Å². The van der Waals surface area contributed by atoms with Gasteiger partial charge in [0.2, 0.25) is 0 Å². The largest absolute Gasteiger partial charge is 0.385 e. The molecule has 0 bridgehead atoms. The van der Waals surface area contributed by atoms with Crippen LogP contribution in [-0.4, -0.2) is 44.8 Å². The molecule has 29 heavy (non-hydrogen) atoms. The number of rotatable bonds is 8. The van der Waals surface area contributed by atoms with E-state index in [1.807, 2.05) is 42.7 Å². The lowest BCUT2D eigenvalue weighted by Crippen LogP contribution is -2.32. The fourth-order valence-electron chi connectivity index (χ4n) is 3.85. The van der Waals surface area contributed by atoms with Crippen molar-refractivity contribution >= 4 is 17.3 Å². The Morgan fingerprint density at radius 1 is 1.07 bits per heavy atom. The Bertz CT molecular complexity index is 931. The summed E-state index contributed by atoms with van der Waals surface area (Å²) in [6.45, 7) is 2.24. The van der Waals surface area contributed by atoms with Crippen LogP contribution in [0.1, 0.15) is 35.6 Å². The van der Waals surface area contributed by atoms with E-state index in [9.17, 15) is 0 Å². The van der Waals surface area contributed by atoms with Gasteiger partial charge in [-0.25, -0.2) is 0 Å². The first-order valence-electron chi connectivity index (χ1n) is 9.80. The molecule has 6 nitrogen and oxygen atoms in total. The van der Waals surface area contributed by atoms with Crippen molar-refractivity contribution in [1.82, 2.24) is 24.8 Å². The second-order valence-electron chi connectivity index (χ2n) is 7.05. The van der Waals surface area contributed by atoms with Crippen molar-refractivity contribution < 1.29 is 4.74 Å². The molecule has 1 aliphatic heterocycles. The predicted molar refractivity (Wildman–Crippen MR) is 116 cm³/mol. The molecule has 4 heterocycles. The van der Waals surface area contributed by atoms with Crippen LogP contribution in [0.25, 0.3) is 0 Å². The van der Waals surface area contributed by atoms with Gasteiger partial charge in [0.05, 0.1) is 30.0 Å². The van der Waals surface area contributed by atoms with Gasteiger partial charge in [0.15, 0.2) is 5.11 Å². The lowest BCUT2D eigenvalue weighted by Gasteiger charge is -2.29. The summed E-state index contributed by atoms with van der Waals surface area (Å²) in [6.07, 6.45) is 6.68. The van der Waals surface area contributed by atoms with Crippen LogP contribution < -0.4 is 5.32 Å². The minimum absolute atomic E-state index is 0.0105. The van der Waals surface area contributed by atoms with Crippen LogP contribution >= 0.6 is 12.2 Å². The molecule has 0 aliphatic carbocycles. The molecular formula is C22H25N5OS. The van der Waals surface area contributed by atoms with Crippen LogP contribution in [0.5, 0.6) is 0 Å². The molecule has 1 N–H and O–H groups in total. The molecule has 1 saturated heterocycles. The van der Waals surface area contributed by atoms with Gasteiger partial charge in [-0.1, -0.05) is 12.1 Å². The Balaban J connectivity index is 1.68. The monoisotopic (exact) mass is 407 g/mol. The summed E-state index contributed by atoms with van der Waals surface area (Å²) in [5.74, 6) is 0. The fourth-order valence-corrected chi connectivity index (χ4v) is 4.18. The highest BCUT2D eigenvalue weighted by Gasteiger charge is 2.40. The van der Waals surface area contributed by atoms with Crippen LogP contribution in [0, 0.1) is 0 Å². The highest BCUT2D eigenvalue weighted by molar-refractivity contribution is 7.80. The van der Waals surface area contributed by atoms with Crippen LogP contribution in [0.2, 0.25) is 0 Å². The maximum absolute atomic E-state index is 5.72. The Morgan fingerprint density at radius 2 is 1.90 bits per heavy atom. The average molecular weight is 408 g/mol. The van der Waals surface area contributed by atoms with Crippen molar-refractivity contribution in [3.05, 3.63) is 84.2 Å². The van der Waals surface area contributed by atoms with Gasteiger partial charge in [-0.15, -0.1) is 0 Å². The zero-order valence-corrected chi connectivity index (χ0v) is 17.3. The normalized spacial score (nSPS) is 18.8. The SMILES string of the molecule is COCCCN1C(=S)N[C@@H](c2ccccn2)[C@H]1c1cccn1Cc1ccccn1. The van der Waals surface area contributed by atoms with Gasteiger partial charge in [0.25, 0.3) is 0 Å². The molecular weight excluding hydrogens is 382 g/mol. The summed E-state index contributed by atoms with van der Waals surface area (Å²) in [7, 11) is 1.73. The first kappa shape index (κ1) is 19.5. The topological polar surface area (TPSA) is 55.2 Å². The molecule has 4 rings (SSSR count). The maximum Gasteiger partial charge on any atom is 0.170 e. The standard InChI is InChI=1S/C22H25N5OS/c1-28-15-7-14-27-21(20(25-22(27)29)18-9-3-5-12-24-18)19-10-6-13-26(19)16-17-8-2-4-11-23-17/h2-6,8-13,20-21H,7,14-16H2,1H3,(H,25,29)/t20-,21+/m0/s1. The molecule has 3 aromatic rings. The number of pyridine rings is 2. The molecule has 0 aromatic carbocycles. The fraction of sp³-hybridized carbons (Fsp3) is 0.318. The number of nitrogens with zero attached hydrogens (tertiary/aromatic N) is 4. The molecule has 1 aliphatic rings. The molecule has 0 radical (unpaired) electrons. The van der Waals surface area contributed by atoms with E-state index in [0.29, 0.717) is 13.2 Å². The van der Waals surface area contributed by atoms with E-state index in [-0.39, 0.29) is 12.1 Å². The van der Waals surface area contributed by atoms with E-state index in [2.05, 4.69) is 49.1 Å². The van der Waals surface area contributed by atoms with Gasteiger partial charge in [-0.3, -0.25) is 9.97 Å². The summed E-state index contributed by atoms with van der Waals surface area (Å²) in [4.78, 5) is 11.4. The molecule has 0 spiro atoms. The highest BCUT2D eigenvalue weighted by Crippen LogP contribution is 2.38. The minimum Gasteiger partial charge on any atom is -0.385 e. The quantitative estimate of drug-likeness (QED) is 0.457. The number of hydrogen-bond acceptors (Lipinski definition) is 4. The van der Waals surface area contributed by atoms with Crippen LogP contribution in [0.4, 0.5) is 0 Å². The second kappa shape index (κ2) is 9.15. The number of hydrogen-bond donors (Lipinski definition) is 1. The van der Waals surface area contributed by atoms with Gasteiger partial charge >= 0.3 is 0 Å². The Morgan fingerprint density at radius 3 is 2.62 bits per heavy atom. The number of methoxy groups -OCH3 is 1. The lowest BCUT2D eigenvalue weighted by atomic mass is 10.0. The molecule has 0 unspecified atom stereocenters. The van der Waals surface area contributed by atoms with Crippen molar-refractivity contribution in [3.8, 4) is 0 Å². The summed E-state index contributed by atoms with van der Waals surface area (Å²) < 4.78 is 7.51. The van der Waals surface area contributed by atoms with Crippen molar-refractivity contribution in [2.24, 2.45) is 0 Å². The molecule has 1 fully saturated rings. The molecule has 0 saturated carbocycles. The zero-order valence-electron chi connectivity index (χ0n) is 16.4. The molecule has 2 atom stereocenters. The third kappa shape index (κ3) is 4.31. The summed E-state index contributed by atoms with van der Waals surface area (Å²) in [6, 6.07) is 16.3. The maximum atomic E-state index is 5.72. The molecule has 150 valence electrons. The van der Waals surface area contributed by atoms with Gasteiger partial charge in [-0.05, 0) is 55.0 Å². The zero-order chi connectivity index (χ0) is 20.1. The smallest absolute Gasteiger partial charge is 0.170 e. The molecule has 7 heteroatoms. The van der Waals surface area contributed by atoms with E-state index in [1.165, 1.54) is 5.69 Å².